The van der Waals surface area contributed by atoms with Crippen molar-refractivity contribution in [1.82, 2.24) is 9.13 Å². The third kappa shape index (κ3) is 4.33. The Morgan fingerprint density at radius 1 is 0.434 bits per heavy atom. The van der Waals surface area contributed by atoms with E-state index in [2.05, 4.69) is 0 Å². The molecule has 2 nitrogen and oxygen atoms in total. The van der Waals surface area contributed by atoms with E-state index in [4.69, 9.17) is 15.1 Å². The fourth-order valence-electron chi connectivity index (χ4n) is 7.90. The zero-order valence-electron chi connectivity index (χ0n) is 47.2. The highest BCUT2D eigenvalue weighted by atomic mass is 15.0. The number of rotatable bonds is 4. The summed E-state index contributed by atoms with van der Waals surface area (Å²) in [6.07, 6.45) is 0. The fourth-order valence-corrected chi connectivity index (χ4v) is 7.90. The van der Waals surface area contributed by atoms with Gasteiger partial charge in [0.2, 0.25) is 0 Å². The maximum absolute atomic E-state index is 9.96. The summed E-state index contributed by atoms with van der Waals surface area (Å²) in [7, 11) is 0. The number of para-hydroxylation sites is 3. The summed E-state index contributed by atoms with van der Waals surface area (Å²) in [5.74, 6) is 0. The Bertz CT molecular complexity index is 4140. The van der Waals surface area contributed by atoms with Gasteiger partial charge in [0.05, 0.1) is 48.1 Å². The Kier molecular flexibility index (Phi) is 3.54. The van der Waals surface area contributed by atoms with Crippen molar-refractivity contribution in [2.24, 2.45) is 0 Å². The van der Waals surface area contributed by atoms with Gasteiger partial charge in [-0.05, 0) is 105 Å². The molecule has 0 saturated heterocycles. The van der Waals surface area contributed by atoms with Crippen LogP contribution in [0.3, 0.4) is 0 Å². The minimum absolute atomic E-state index is 0.0295. The zero-order valence-corrected chi connectivity index (χ0v) is 28.2. The van der Waals surface area contributed by atoms with Crippen molar-refractivity contribution < 1.29 is 26.0 Å². The number of hydrogen-bond donors (Lipinski definition) is 0. The molecule has 0 radical (unpaired) electrons. The van der Waals surface area contributed by atoms with E-state index in [0.29, 0.717) is 22.4 Å². The van der Waals surface area contributed by atoms with Crippen LogP contribution in [0.25, 0.3) is 88.4 Å². The first-order chi connectivity index (χ1) is 34.0. The van der Waals surface area contributed by atoms with Gasteiger partial charge in [-0.15, -0.1) is 0 Å². The minimum atomic E-state index is -0.712. The van der Waals surface area contributed by atoms with E-state index < -0.39 is 131 Å². The van der Waals surface area contributed by atoms with Gasteiger partial charge >= 0.3 is 0 Å². The Hall–Kier alpha value is -6.64. The van der Waals surface area contributed by atoms with Crippen LogP contribution in [-0.4, -0.2) is 9.13 Å². The van der Waals surface area contributed by atoms with E-state index >= 15 is 0 Å². The van der Waals surface area contributed by atoms with Gasteiger partial charge in [0.1, 0.15) is 0 Å². The van der Waals surface area contributed by atoms with Crippen LogP contribution < -0.4 is 0 Å². The third-order valence-electron chi connectivity index (χ3n) is 10.3. The molecule has 0 atom stereocenters. The summed E-state index contributed by atoms with van der Waals surface area (Å²) < 4.78 is 175. The molecular formula is C51H36N2. The highest BCUT2D eigenvalue weighted by molar-refractivity contribution is 6.13. The number of nitrogens with zero attached hydrogens (tertiary/aromatic N) is 2. The average molecular weight is 696 g/mol. The molecule has 0 unspecified atom stereocenters. The van der Waals surface area contributed by atoms with Crippen LogP contribution >= 0.6 is 0 Å². The predicted octanol–water partition coefficient (Wildman–Crippen LogP) is 13.5. The lowest BCUT2D eigenvalue weighted by molar-refractivity contribution is 0.660. The Labute approximate surface area is 335 Å². The number of benzene rings is 8. The van der Waals surface area contributed by atoms with Gasteiger partial charge in [0.25, 0.3) is 0 Å². The summed E-state index contributed by atoms with van der Waals surface area (Å²) in [6.45, 7) is 3.94. The molecule has 1 aliphatic rings. The van der Waals surface area contributed by atoms with Crippen LogP contribution in [0, 0.1) is 0 Å². The molecule has 0 spiro atoms. The van der Waals surface area contributed by atoms with E-state index in [1.165, 1.54) is 9.13 Å². The van der Waals surface area contributed by atoms with Crippen molar-refractivity contribution in [2.45, 2.75) is 19.3 Å². The maximum Gasteiger partial charge on any atom is 0.0645 e. The molecule has 0 fully saturated rings. The lowest BCUT2D eigenvalue weighted by atomic mass is 9.82. The van der Waals surface area contributed by atoms with Crippen molar-refractivity contribution in [2.75, 3.05) is 0 Å². The summed E-state index contributed by atoms with van der Waals surface area (Å²) >= 11 is 0. The van der Waals surface area contributed by atoms with Gasteiger partial charge in [-0.2, -0.15) is 0 Å². The quantitative estimate of drug-likeness (QED) is 0.173. The normalized spacial score (nSPS) is 18.3. The van der Waals surface area contributed by atoms with Crippen molar-refractivity contribution in [3.05, 3.63) is 193 Å². The molecule has 0 bridgehead atoms. The molecule has 2 heteroatoms. The molecule has 2 heterocycles. The maximum atomic E-state index is 9.96. The lowest BCUT2D eigenvalue weighted by Crippen LogP contribution is -2.15. The van der Waals surface area contributed by atoms with Crippen LogP contribution in [0.2, 0.25) is 0 Å². The van der Waals surface area contributed by atoms with Crippen LogP contribution in [0.1, 0.15) is 51.0 Å². The molecule has 0 aliphatic heterocycles. The number of hydrogen-bond acceptors (Lipinski definition) is 0. The molecule has 1 aliphatic carbocycles. The van der Waals surface area contributed by atoms with Crippen molar-refractivity contribution >= 4 is 43.6 Å². The first-order valence-electron chi connectivity index (χ1n) is 26.5. The molecule has 2 aromatic heterocycles. The van der Waals surface area contributed by atoms with E-state index in [-0.39, 0.29) is 54.9 Å². The monoisotopic (exact) mass is 695 g/mol. The Morgan fingerprint density at radius 3 is 1.68 bits per heavy atom. The molecule has 11 rings (SSSR count). The molecule has 10 aromatic rings. The van der Waals surface area contributed by atoms with Crippen LogP contribution in [0.5, 0.6) is 0 Å². The van der Waals surface area contributed by atoms with Crippen LogP contribution in [0.15, 0.2) is 182 Å². The average Bonchev–Trinajstić information content (AvgIpc) is 4.00. The lowest BCUT2D eigenvalue weighted by Gasteiger charge is -2.22. The second kappa shape index (κ2) is 11.2. The summed E-state index contributed by atoms with van der Waals surface area (Å²) in [5.41, 5.74) is 1.32. The molecule has 53 heavy (non-hydrogen) atoms. The predicted molar refractivity (Wildman–Crippen MR) is 224 cm³/mol. The second-order valence-electron chi connectivity index (χ2n) is 13.5. The highest BCUT2D eigenvalue weighted by Crippen LogP contribution is 2.53. The number of fused-ring (bicyclic) bond motifs is 9. The van der Waals surface area contributed by atoms with Crippen molar-refractivity contribution in [3.8, 4) is 44.8 Å². The van der Waals surface area contributed by atoms with Gasteiger partial charge in [0.15, 0.2) is 0 Å². The summed E-state index contributed by atoms with van der Waals surface area (Å²) in [5, 5.41) is -0.757. The molecule has 0 saturated carbocycles. The fraction of sp³-hybridized carbons (Fsp3) is 0.0588. The van der Waals surface area contributed by atoms with E-state index in [1.54, 1.807) is 60.7 Å². The summed E-state index contributed by atoms with van der Waals surface area (Å²) in [4.78, 5) is 0. The molecule has 8 aromatic carbocycles. The van der Waals surface area contributed by atoms with Crippen LogP contribution in [-0.2, 0) is 5.41 Å². The first-order valence-corrected chi connectivity index (χ1v) is 17.0. The molecule has 250 valence electrons. The topological polar surface area (TPSA) is 9.86 Å². The van der Waals surface area contributed by atoms with Crippen LogP contribution in [0.4, 0.5) is 0 Å². The molecular weight excluding hydrogens is 641 g/mol. The van der Waals surface area contributed by atoms with E-state index in [1.807, 2.05) is 19.9 Å². The minimum Gasteiger partial charge on any atom is -0.309 e. The molecule has 0 N–H and O–H groups in total. The smallest absolute Gasteiger partial charge is 0.0645 e. The van der Waals surface area contributed by atoms with E-state index in [0.717, 1.165) is 11.1 Å². The molecule has 0 amide bonds. The first kappa shape index (κ1) is 16.8. The van der Waals surface area contributed by atoms with Gasteiger partial charge in [-0.1, -0.05) is 135 Å². The Balaban J connectivity index is 1.26. The van der Waals surface area contributed by atoms with Gasteiger partial charge < -0.3 is 9.13 Å². The number of aromatic nitrogens is 2. The third-order valence-corrected chi connectivity index (χ3v) is 10.3. The zero-order chi connectivity index (χ0) is 51.8. The van der Waals surface area contributed by atoms with Crippen molar-refractivity contribution in [3.63, 3.8) is 0 Å². The van der Waals surface area contributed by atoms with Gasteiger partial charge in [0, 0.05) is 38.3 Å². The standard InChI is InChI=1S/C51H36N2/c1-51(2)44-27-26-37(32-43(44)50-38(20-13-21-45(50)51)33-14-5-3-6-15-33)53-47-23-12-10-19-40(47)42-31-35(25-29-49(42)53)34-24-28-48-41(30-34)39-18-9-11-22-46(39)52(48)36-16-7-4-8-17-36/h3-32H,1-2H3/i3D,5D,6D,9D,10D,11D,12D,14D,15D,18D,19D,22D,23D,24D,25D,28D,29D,30D,31D. The van der Waals surface area contributed by atoms with Crippen molar-refractivity contribution in [1.29, 1.82) is 0 Å². The highest BCUT2D eigenvalue weighted by Gasteiger charge is 2.37. The van der Waals surface area contributed by atoms with Gasteiger partial charge in [-0.3, -0.25) is 0 Å². The Morgan fingerprint density at radius 2 is 1.02 bits per heavy atom. The largest absolute Gasteiger partial charge is 0.309 e. The van der Waals surface area contributed by atoms with Gasteiger partial charge in [-0.25, -0.2) is 0 Å². The second-order valence-corrected chi connectivity index (χ2v) is 13.5. The van der Waals surface area contributed by atoms with E-state index in [9.17, 15) is 11.0 Å². The summed E-state index contributed by atoms with van der Waals surface area (Å²) in [6, 6.07) is 8.09. The SMILES string of the molecule is [2H]c1c([2H])c([2H])c(-c2cccc3c2-c2cc(-n4c5c([2H])c([2H])c([2H])c([2H])c5c5c([2H])c(-c6c([2H])c([2H])c7c(c6[2H])c6c([2H])c([2H])c([2H])c([2H])c6n7-c6ccccc6)c([2H])c([2H])c54)ccc2C3(C)C)c([2H])c1[2H].